The number of rotatable bonds is 3. The fourth-order valence-corrected chi connectivity index (χ4v) is 3.58. The molecule has 3 rings (SSSR count). The Morgan fingerprint density at radius 2 is 1.69 bits per heavy atom. The van der Waals surface area contributed by atoms with Crippen LogP contribution in [0.3, 0.4) is 0 Å². The van der Waals surface area contributed by atoms with Crippen molar-refractivity contribution < 1.29 is 32.6 Å². The summed E-state index contributed by atoms with van der Waals surface area (Å²) < 4.78 is 45.2. The molecule has 0 saturated carbocycles. The van der Waals surface area contributed by atoms with Gasteiger partial charge in [0.15, 0.2) is 0 Å². The predicted molar refractivity (Wildman–Crippen MR) is 114 cm³/mol. The summed E-state index contributed by atoms with van der Waals surface area (Å²) in [7, 11) is 0. The molecule has 2 aromatic carbocycles. The summed E-state index contributed by atoms with van der Waals surface area (Å²) in [6, 6.07) is 6.56. The highest BCUT2D eigenvalue weighted by Crippen LogP contribution is 2.35. The molecule has 32 heavy (non-hydrogen) atoms. The van der Waals surface area contributed by atoms with Gasteiger partial charge in [0.2, 0.25) is 0 Å². The van der Waals surface area contributed by atoms with Gasteiger partial charge in [-0.2, -0.15) is 13.2 Å². The molecule has 0 spiro atoms. The molecule has 3 aromatic rings. The Morgan fingerprint density at radius 3 is 2.22 bits per heavy atom. The van der Waals surface area contributed by atoms with E-state index in [-0.39, 0.29) is 22.8 Å². The van der Waals surface area contributed by atoms with Gasteiger partial charge in [0.1, 0.15) is 11.4 Å². The maximum absolute atomic E-state index is 13.2. The van der Waals surface area contributed by atoms with Crippen molar-refractivity contribution in [2.75, 3.05) is 0 Å². The lowest BCUT2D eigenvalue weighted by atomic mass is 10.1. The first-order valence-electron chi connectivity index (χ1n) is 9.65. The molecular formula is C23H21ClF3NO4. The summed E-state index contributed by atoms with van der Waals surface area (Å²) >= 11 is 6.04. The molecule has 0 unspecified atom stereocenters. The number of nitrogens with zero attached hydrogens (tertiary/aromatic N) is 1. The number of phenols is 1. The lowest BCUT2D eigenvalue weighted by molar-refractivity contribution is -0.153. The van der Waals surface area contributed by atoms with E-state index in [9.17, 15) is 27.9 Å². The van der Waals surface area contributed by atoms with E-state index in [0.717, 1.165) is 24.3 Å². The van der Waals surface area contributed by atoms with Gasteiger partial charge in [-0.15, -0.1) is 0 Å². The molecular weight excluding hydrogens is 447 g/mol. The zero-order valence-corrected chi connectivity index (χ0v) is 18.6. The highest BCUT2D eigenvalue weighted by atomic mass is 35.5. The lowest BCUT2D eigenvalue weighted by Crippen LogP contribution is -2.25. The van der Waals surface area contributed by atoms with Crippen molar-refractivity contribution in [2.24, 2.45) is 0 Å². The van der Waals surface area contributed by atoms with Crippen molar-refractivity contribution >= 4 is 34.4 Å². The zero-order valence-electron chi connectivity index (χ0n) is 17.8. The largest absolute Gasteiger partial charge is 0.506 e. The molecule has 9 heteroatoms. The molecule has 0 amide bonds. The third-order valence-electron chi connectivity index (χ3n) is 4.81. The molecule has 0 fully saturated rings. The average molecular weight is 468 g/mol. The minimum atomic E-state index is -4.52. The van der Waals surface area contributed by atoms with E-state index < -0.39 is 29.2 Å². The van der Waals surface area contributed by atoms with E-state index in [1.807, 2.05) is 0 Å². The molecule has 0 aliphatic rings. The Morgan fingerprint density at radius 1 is 1.09 bits per heavy atom. The lowest BCUT2D eigenvalue weighted by Gasteiger charge is -2.19. The van der Waals surface area contributed by atoms with E-state index >= 15 is 0 Å². The number of halogens is 4. The summed E-state index contributed by atoms with van der Waals surface area (Å²) in [5.74, 6) is -1.36. The molecule has 0 atom stereocenters. The number of hydrogen-bond acceptors (Lipinski definition) is 4. The van der Waals surface area contributed by atoms with Crippen molar-refractivity contribution in [3.05, 3.63) is 63.8 Å². The first-order valence-corrected chi connectivity index (χ1v) is 10.0. The van der Waals surface area contributed by atoms with Crippen molar-refractivity contribution in [1.82, 2.24) is 4.57 Å². The van der Waals surface area contributed by atoms with Crippen molar-refractivity contribution in [2.45, 2.75) is 45.9 Å². The van der Waals surface area contributed by atoms with Gasteiger partial charge >= 0.3 is 12.1 Å². The number of esters is 1. The smallest absolute Gasteiger partial charge is 0.416 e. The molecule has 0 aliphatic heterocycles. The van der Waals surface area contributed by atoms with Crippen LogP contribution in [0, 0.1) is 6.92 Å². The highest BCUT2D eigenvalue weighted by molar-refractivity contribution is 6.33. The molecule has 0 bridgehead atoms. The van der Waals surface area contributed by atoms with Gasteiger partial charge in [-0.3, -0.25) is 14.2 Å². The van der Waals surface area contributed by atoms with E-state index in [2.05, 4.69) is 0 Å². The van der Waals surface area contributed by atoms with Crippen LogP contribution >= 0.6 is 11.6 Å². The molecule has 5 nitrogen and oxygen atoms in total. The molecule has 0 aliphatic carbocycles. The topological polar surface area (TPSA) is 68.5 Å². The number of aromatic nitrogens is 1. The first kappa shape index (κ1) is 23.7. The quantitative estimate of drug-likeness (QED) is 0.487. The summed E-state index contributed by atoms with van der Waals surface area (Å²) in [5, 5.41) is 10.5. The fraction of sp³-hybridized carbons (Fsp3) is 0.304. The monoisotopic (exact) mass is 467 g/mol. The minimum Gasteiger partial charge on any atom is -0.506 e. The fourth-order valence-electron chi connectivity index (χ4n) is 3.43. The van der Waals surface area contributed by atoms with E-state index in [0.29, 0.717) is 22.2 Å². The van der Waals surface area contributed by atoms with Gasteiger partial charge in [0.25, 0.3) is 5.91 Å². The van der Waals surface area contributed by atoms with Gasteiger partial charge < -0.3 is 9.84 Å². The maximum Gasteiger partial charge on any atom is 0.416 e. The van der Waals surface area contributed by atoms with Crippen LogP contribution in [0.25, 0.3) is 10.9 Å². The van der Waals surface area contributed by atoms with Gasteiger partial charge in [0.05, 0.1) is 22.5 Å². The van der Waals surface area contributed by atoms with Crippen LogP contribution < -0.4 is 0 Å². The van der Waals surface area contributed by atoms with E-state index in [1.165, 1.54) is 16.7 Å². The number of benzene rings is 2. The molecule has 0 radical (unpaired) electrons. The Kier molecular flexibility index (Phi) is 6.04. The SMILES string of the molecule is Cc1c(CC(=O)OC(C)(C)C)c2cc(O)c(Cl)cc2n1C(=O)c1ccc(C(F)(F)F)cc1. The van der Waals surface area contributed by atoms with E-state index in [1.54, 1.807) is 27.7 Å². The van der Waals surface area contributed by atoms with Crippen LogP contribution in [0.5, 0.6) is 5.75 Å². The van der Waals surface area contributed by atoms with Crippen LogP contribution in [0.1, 0.15) is 48.0 Å². The summed E-state index contributed by atoms with van der Waals surface area (Å²) in [6.45, 7) is 6.77. The third kappa shape index (κ3) is 4.75. The second-order valence-electron chi connectivity index (χ2n) is 8.36. The van der Waals surface area contributed by atoms with Crippen molar-refractivity contribution in [3.8, 4) is 5.75 Å². The van der Waals surface area contributed by atoms with Crippen LogP contribution in [-0.4, -0.2) is 27.2 Å². The Bertz CT molecular complexity index is 1210. The van der Waals surface area contributed by atoms with Crippen LogP contribution in [-0.2, 0) is 22.1 Å². The summed E-state index contributed by atoms with van der Waals surface area (Å²) in [4.78, 5) is 25.7. The second-order valence-corrected chi connectivity index (χ2v) is 8.77. The summed E-state index contributed by atoms with van der Waals surface area (Å²) in [5.41, 5.74) is -0.425. The second kappa shape index (κ2) is 8.16. The average Bonchev–Trinajstić information content (AvgIpc) is 2.90. The molecule has 1 heterocycles. The Labute approximate surface area is 187 Å². The highest BCUT2D eigenvalue weighted by Gasteiger charge is 2.31. The third-order valence-corrected chi connectivity index (χ3v) is 5.11. The standard InChI is InChI=1S/C23H21ClF3NO4/c1-12-15(10-20(30)32-22(2,3)4)16-9-19(29)17(24)11-18(16)28(12)21(31)13-5-7-14(8-6-13)23(25,26)27/h5-9,11,29H,10H2,1-4H3. The number of ether oxygens (including phenoxy) is 1. The zero-order chi connectivity index (χ0) is 24.0. The normalized spacial score (nSPS) is 12.2. The number of fused-ring (bicyclic) bond motifs is 1. The minimum absolute atomic E-state index is 0.0136. The Balaban J connectivity index is 2.12. The van der Waals surface area contributed by atoms with Gasteiger partial charge in [-0.1, -0.05) is 11.6 Å². The van der Waals surface area contributed by atoms with Gasteiger partial charge in [-0.05, 0) is 69.7 Å². The number of carbonyl (C=O) groups excluding carboxylic acids is 2. The van der Waals surface area contributed by atoms with Gasteiger partial charge in [0, 0.05) is 16.6 Å². The van der Waals surface area contributed by atoms with Gasteiger partial charge in [-0.25, -0.2) is 0 Å². The van der Waals surface area contributed by atoms with Crippen LogP contribution in [0.4, 0.5) is 13.2 Å². The van der Waals surface area contributed by atoms with E-state index in [4.69, 9.17) is 16.3 Å². The number of phenolic OH excluding ortho intramolecular Hbond substituents is 1. The summed E-state index contributed by atoms with van der Waals surface area (Å²) in [6.07, 6.45) is -4.70. The number of carbonyl (C=O) groups is 2. The molecule has 0 saturated heterocycles. The van der Waals surface area contributed by atoms with Crippen molar-refractivity contribution in [1.29, 1.82) is 0 Å². The van der Waals surface area contributed by atoms with Crippen molar-refractivity contribution in [3.63, 3.8) is 0 Å². The maximum atomic E-state index is 13.2. The first-order chi connectivity index (χ1) is 14.7. The number of aromatic hydroxyl groups is 1. The molecule has 170 valence electrons. The molecule has 1 N–H and O–H groups in total. The van der Waals surface area contributed by atoms with Crippen LogP contribution in [0.15, 0.2) is 36.4 Å². The Hall–Kier alpha value is -3.00. The number of alkyl halides is 3. The molecule has 1 aromatic heterocycles. The predicted octanol–water partition coefficient (Wildman–Crippen LogP) is 5.90. The number of hydrogen-bond donors (Lipinski definition) is 1. The van der Waals surface area contributed by atoms with Crippen LogP contribution in [0.2, 0.25) is 5.02 Å².